The average Bonchev–Trinajstić information content (AvgIpc) is 3.45. The molecular formula is C24H22ClN5O3. The minimum atomic E-state index is -0.856. The number of oxazole rings is 1. The largest absolute Gasteiger partial charge is 0.441 e. The Kier molecular flexibility index (Phi) is 5.25. The molecule has 0 aliphatic carbocycles. The number of carbonyl (C=O) groups is 2. The molecule has 168 valence electrons. The van der Waals surface area contributed by atoms with Crippen LogP contribution in [0.15, 0.2) is 63.3 Å². The number of carbonyl (C=O) groups excluding carboxylic acids is 2. The maximum Gasteiger partial charge on any atom is 0.263 e. The predicted octanol–water partition coefficient (Wildman–Crippen LogP) is 4.92. The molecule has 9 heteroatoms. The van der Waals surface area contributed by atoms with E-state index in [9.17, 15) is 9.59 Å². The number of halogens is 1. The van der Waals surface area contributed by atoms with E-state index in [0.29, 0.717) is 34.0 Å². The van der Waals surface area contributed by atoms with Crippen LogP contribution in [-0.2, 0) is 16.1 Å². The highest BCUT2D eigenvalue weighted by Crippen LogP contribution is 2.34. The number of anilines is 1. The molecule has 2 aliphatic rings. The van der Waals surface area contributed by atoms with Crippen molar-refractivity contribution in [1.29, 1.82) is 0 Å². The quantitative estimate of drug-likeness (QED) is 0.501. The van der Waals surface area contributed by atoms with Crippen molar-refractivity contribution in [3.63, 3.8) is 0 Å². The number of benzene rings is 2. The first-order chi connectivity index (χ1) is 15.8. The van der Waals surface area contributed by atoms with E-state index < -0.39 is 12.1 Å². The van der Waals surface area contributed by atoms with E-state index in [1.54, 1.807) is 31.2 Å². The number of aryl methyl sites for hydroxylation is 1. The fourth-order valence-corrected chi connectivity index (χ4v) is 4.19. The lowest BCUT2D eigenvalue weighted by Crippen LogP contribution is -2.39. The second-order valence-corrected chi connectivity index (χ2v) is 8.92. The summed E-state index contributed by atoms with van der Waals surface area (Å²) in [5.74, 6) is 0.707. The number of fused-ring (bicyclic) bond motifs is 1. The molecule has 5 rings (SSSR count). The zero-order valence-corrected chi connectivity index (χ0v) is 19.2. The molecule has 33 heavy (non-hydrogen) atoms. The van der Waals surface area contributed by atoms with Gasteiger partial charge in [-0.2, -0.15) is 5.11 Å². The van der Waals surface area contributed by atoms with Crippen molar-refractivity contribution < 1.29 is 14.0 Å². The van der Waals surface area contributed by atoms with Crippen LogP contribution in [0.25, 0.3) is 11.5 Å². The summed E-state index contributed by atoms with van der Waals surface area (Å²) in [6.07, 6.45) is 0. The van der Waals surface area contributed by atoms with Crippen molar-refractivity contribution in [2.45, 2.75) is 45.3 Å². The molecule has 2 aliphatic heterocycles. The van der Waals surface area contributed by atoms with Gasteiger partial charge in [-0.3, -0.25) is 14.6 Å². The molecule has 2 aromatic carbocycles. The molecule has 0 radical (unpaired) electrons. The van der Waals surface area contributed by atoms with Gasteiger partial charge in [-0.25, -0.2) is 9.88 Å². The Morgan fingerprint density at radius 2 is 1.73 bits per heavy atom. The highest BCUT2D eigenvalue weighted by atomic mass is 35.5. The smallest absolute Gasteiger partial charge is 0.263 e. The SMILES string of the molecule is Cc1oc(-c2ccc(Cl)cc2)nc1CN1N=N[C@H]2C(=O)N(c3ccc(C(C)C)cc3)C(=O)[C@H]21. The monoisotopic (exact) mass is 463 g/mol. The Hall–Kier alpha value is -3.52. The zero-order valence-electron chi connectivity index (χ0n) is 18.4. The van der Waals surface area contributed by atoms with Gasteiger partial charge in [-0.05, 0) is 54.8 Å². The first-order valence-electron chi connectivity index (χ1n) is 10.7. The molecule has 2 amide bonds. The van der Waals surface area contributed by atoms with Gasteiger partial charge in [0.1, 0.15) is 11.5 Å². The van der Waals surface area contributed by atoms with Gasteiger partial charge >= 0.3 is 0 Å². The van der Waals surface area contributed by atoms with Crippen LogP contribution >= 0.6 is 11.6 Å². The predicted molar refractivity (Wildman–Crippen MR) is 123 cm³/mol. The third kappa shape index (κ3) is 3.70. The van der Waals surface area contributed by atoms with Crippen LogP contribution in [0.5, 0.6) is 0 Å². The second kappa shape index (κ2) is 8.12. The van der Waals surface area contributed by atoms with E-state index in [2.05, 4.69) is 29.2 Å². The van der Waals surface area contributed by atoms with Crippen molar-refractivity contribution in [2.75, 3.05) is 4.90 Å². The zero-order chi connectivity index (χ0) is 23.3. The van der Waals surface area contributed by atoms with Gasteiger partial charge in [-0.1, -0.05) is 42.8 Å². The minimum absolute atomic E-state index is 0.201. The third-order valence-corrected chi connectivity index (χ3v) is 6.22. The Balaban J connectivity index is 1.37. The molecule has 8 nitrogen and oxygen atoms in total. The lowest BCUT2D eigenvalue weighted by molar-refractivity contribution is -0.123. The topological polar surface area (TPSA) is 91.4 Å². The molecule has 1 fully saturated rings. The number of aromatic nitrogens is 1. The van der Waals surface area contributed by atoms with E-state index in [1.165, 1.54) is 9.91 Å². The van der Waals surface area contributed by atoms with Crippen LogP contribution in [0.3, 0.4) is 0 Å². The average molecular weight is 464 g/mol. The molecule has 3 heterocycles. The highest BCUT2D eigenvalue weighted by molar-refractivity contribution is 6.30. The molecule has 1 saturated heterocycles. The van der Waals surface area contributed by atoms with Gasteiger partial charge in [0.25, 0.3) is 11.8 Å². The molecule has 1 aromatic heterocycles. The summed E-state index contributed by atoms with van der Waals surface area (Å²) >= 11 is 5.96. The summed E-state index contributed by atoms with van der Waals surface area (Å²) in [5.41, 5.74) is 3.09. The van der Waals surface area contributed by atoms with Gasteiger partial charge in [0.05, 0.1) is 12.2 Å². The molecule has 0 spiro atoms. The maximum atomic E-state index is 13.2. The number of amides is 2. The molecular weight excluding hydrogens is 442 g/mol. The Bertz CT molecular complexity index is 1250. The molecule has 0 N–H and O–H groups in total. The number of nitrogens with zero attached hydrogens (tertiary/aromatic N) is 5. The number of hydrogen-bond donors (Lipinski definition) is 0. The highest BCUT2D eigenvalue weighted by Gasteiger charge is 2.54. The van der Waals surface area contributed by atoms with Crippen molar-refractivity contribution in [3.05, 3.63) is 70.6 Å². The minimum Gasteiger partial charge on any atom is -0.441 e. The van der Waals surface area contributed by atoms with Gasteiger partial charge in [0.15, 0.2) is 12.1 Å². The lowest BCUT2D eigenvalue weighted by Gasteiger charge is -2.20. The van der Waals surface area contributed by atoms with E-state index in [0.717, 1.165) is 11.1 Å². The number of hydrogen-bond acceptors (Lipinski definition) is 7. The van der Waals surface area contributed by atoms with Gasteiger partial charge < -0.3 is 4.42 Å². The van der Waals surface area contributed by atoms with Crippen molar-refractivity contribution >= 4 is 29.1 Å². The van der Waals surface area contributed by atoms with Crippen LogP contribution in [0.4, 0.5) is 5.69 Å². The summed E-state index contributed by atoms with van der Waals surface area (Å²) in [4.78, 5) is 32.0. The summed E-state index contributed by atoms with van der Waals surface area (Å²) in [6, 6.07) is 13.0. The summed E-state index contributed by atoms with van der Waals surface area (Å²) in [5, 5.41) is 10.3. The second-order valence-electron chi connectivity index (χ2n) is 8.48. The van der Waals surface area contributed by atoms with E-state index in [1.807, 2.05) is 24.3 Å². The maximum absolute atomic E-state index is 13.2. The summed E-state index contributed by atoms with van der Waals surface area (Å²) in [7, 11) is 0. The Morgan fingerprint density at radius 3 is 2.39 bits per heavy atom. The van der Waals surface area contributed by atoms with Gasteiger partial charge in [0.2, 0.25) is 5.89 Å². The molecule has 0 unspecified atom stereocenters. The van der Waals surface area contributed by atoms with Crippen molar-refractivity contribution in [1.82, 2.24) is 9.99 Å². The number of rotatable bonds is 5. The van der Waals surface area contributed by atoms with E-state index in [-0.39, 0.29) is 18.4 Å². The van der Waals surface area contributed by atoms with Crippen molar-refractivity contribution in [3.8, 4) is 11.5 Å². The molecule has 2 atom stereocenters. The van der Waals surface area contributed by atoms with Crippen LogP contribution in [0.1, 0.15) is 36.8 Å². The first kappa shape index (κ1) is 21.3. The molecule has 0 saturated carbocycles. The summed E-state index contributed by atoms with van der Waals surface area (Å²) < 4.78 is 5.82. The van der Waals surface area contributed by atoms with Crippen LogP contribution < -0.4 is 4.90 Å². The van der Waals surface area contributed by atoms with Crippen LogP contribution in [0, 0.1) is 6.92 Å². The fourth-order valence-electron chi connectivity index (χ4n) is 4.06. The standard InChI is InChI=1S/C24H22ClN5O3/c1-13(2)15-6-10-18(11-7-15)30-23(31)20-21(24(30)32)29(28-27-20)12-19-14(3)33-22(26-19)16-4-8-17(25)9-5-16/h4-11,13,20-21H,12H2,1-3H3/t20-,21+/m1/s1. The summed E-state index contributed by atoms with van der Waals surface area (Å²) in [6.45, 7) is 6.19. The van der Waals surface area contributed by atoms with Crippen LogP contribution in [-0.4, -0.2) is 33.9 Å². The van der Waals surface area contributed by atoms with Gasteiger partial charge in [0, 0.05) is 10.6 Å². The van der Waals surface area contributed by atoms with Crippen LogP contribution in [0.2, 0.25) is 5.02 Å². The molecule has 0 bridgehead atoms. The Morgan fingerprint density at radius 1 is 1.03 bits per heavy atom. The first-order valence-corrected chi connectivity index (χ1v) is 11.1. The Labute approximate surface area is 195 Å². The van der Waals surface area contributed by atoms with E-state index in [4.69, 9.17) is 16.0 Å². The fraction of sp³-hybridized carbons (Fsp3) is 0.292. The molecule has 3 aromatic rings. The lowest BCUT2D eigenvalue weighted by atomic mass is 10.0. The van der Waals surface area contributed by atoms with Gasteiger partial charge in [-0.15, -0.1) is 0 Å². The van der Waals surface area contributed by atoms with E-state index >= 15 is 0 Å². The number of imide groups is 1. The van der Waals surface area contributed by atoms with Crippen molar-refractivity contribution in [2.24, 2.45) is 10.3 Å². The third-order valence-electron chi connectivity index (χ3n) is 5.97. The normalized spacial score (nSPS) is 19.8.